The summed E-state index contributed by atoms with van der Waals surface area (Å²) in [4.78, 5) is 24.8. The molecule has 1 spiro atoms. The molecule has 2 aliphatic rings. The van der Waals surface area contributed by atoms with Gasteiger partial charge in [-0.25, -0.2) is 4.79 Å². The van der Waals surface area contributed by atoms with E-state index in [2.05, 4.69) is 16.0 Å². The second-order valence-electron chi connectivity index (χ2n) is 7.15. The zero-order chi connectivity index (χ0) is 18.0. The molecule has 1 aliphatic heterocycles. The highest BCUT2D eigenvalue weighted by molar-refractivity contribution is 6.07. The summed E-state index contributed by atoms with van der Waals surface area (Å²) in [6.07, 6.45) is 5.10. The zero-order valence-corrected chi connectivity index (χ0v) is 14.7. The number of amides is 3. The summed E-state index contributed by atoms with van der Waals surface area (Å²) in [6.45, 7) is 0.474. The smallest absolute Gasteiger partial charge is 0.319 e. The van der Waals surface area contributed by atoms with E-state index in [0.717, 1.165) is 48.2 Å². The Bertz CT molecular complexity index is 826. The van der Waals surface area contributed by atoms with Crippen LogP contribution in [0.3, 0.4) is 0 Å². The van der Waals surface area contributed by atoms with E-state index in [0.29, 0.717) is 6.54 Å². The molecule has 1 heterocycles. The van der Waals surface area contributed by atoms with Crippen molar-refractivity contribution in [3.8, 4) is 0 Å². The fraction of sp³-hybridized carbons (Fsp3) is 0.333. The predicted molar refractivity (Wildman–Crippen MR) is 102 cm³/mol. The van der Waals surface area contributed by atoms with Crippen molar-refractivity contribution in [2.75, 3.05) is 10.6 Å². The van der Waals surface area contributed by atoms with Crippen LogP contribution in [0.4, 0.5) is 16.2 Å². The van der Waals surface area contributed by atoms with Gasteiger partial charge in [-0.3, -0.25) is 4.79 Å². The van der Waals surface area contributed by atoms with E-state index in [1.54, 1.807) is 0 Å². The number of carbonyl (C=O) groups is 2. The quantitative estimate of drug-likeness (QED) is 0.778. The van der Waals surface area contributed by atoms with E-state index in [1.165, 1.54) is 6.42 Å². The van der Waals surface area contributed by atoms with E-state index in [-0.39, 0.29) is 11.9 Å². The third kappa shape index (κ3) is 3.05. The minimum absolute atomic E-state index is 0.109. The van der Waals surface area contributed by atoms with Crippen LogP contribution in [-0.2, 0) is 16.8 Å². The monoisotopic (exact) mass is 349 g/mol. The van der Waals surface area contributed by atoms with Gasteiger partial charge in [0.2, 0.25) is 5.91 Å². The van der Waals surface area contributed by atoms with Crippen LogP contribution in [0.1, 0.15) is 43.2 Å². The summed E-state index contributed by atoms with van der Waals surface area (Å²) in [6, 6.07) is 15.2. The molecule has 4 rings (SSSR count). The Kier molecular flexibility index (Phi) is 4.37. The lowest BCUT2D eigenvalue weighted by Crippen LogP contribution is -2.36. The molecule has 0 bridgehead atoms. The Morgan fingerprint density at radius 2 is 1.81 bits per heavy atom. The predicted octanol–water partition coefficient (Wildman–Crippen LogP) is 4.16. The van der Waals surface area contributed by atoms with Crippen LogP contribution in [0, 0.1) is 0 Å². The van der Waals surface area contributed by atoms with Gasteiger partial charge in [-0.2, -0.15) is 0 Å². The zero-order valence-electron chi connectivity index (χ0n) is 14.7. The number of benzene rings is 2. The number of hydrogen-bond acceptors (Lipinski definition) is 2. The molecular weight excluding hydrogens is 326 g/mol. The molecule has 2 aromatic carbocycles. The molecular formula is C21H23N3O2. The van der Waals surface area contributed by atoms with Crippen molar-refractivity contribution in [1.29, 1.82) is 0 Å². The van der Waals surface area contributed by atoms with Gasteiger partial charge in [-0.05, 0) is 42.2 Å². The number of hydrogen-bond donors (Lipinski definition) is 3. The van der Waals surface area contributed by atoms with Crippen LogP contribution < -0.4 is 16.0 Å². The van der Waals surface area contributed by atoms with E-state index in [9.17, 15) is 9.59 Å². The summed E-state index contributed by atoms with van der Waals surface area (Å²) in [5.41, 5.74) is 3.27. The van der Waals surface area contributed by atoms with Gasteiger partial charge >= 0.3 is 6.03 Å². The van der Waals surface area contributed by atoms with Crippen molar-refractivity contribution in [3.63, 3.8) is 0 Å². The number of urea groups is 1. The Morgan fingerprint density at radius 1 is 1.04 bits per heavy atom. The van der Waals surface area contributed by atoms with Crippen molar-refractivity contribution in [3.05, 3.63) is 59.7 Å². The molecule has 0 aromatic heterocycles. The third-order valence-electron chi connectivity index (χ3n) is 5.48. The molecule has 0 radical (unpaired) electrons. The maximum Gasteiger partial charge on any atom is 0.319 e. The lowest BCUT2D eigenvalue weighted by molar-refractivity contribution is -0.121. The van der Waals surface area contributed by atoms with Crippen LogP contribution in [-0.4, -0.2) is 11.9 Å². The maximum absolute atomic E-state index is 12.6. The summed E-state index contributed by atoms with van der Waals surface area (Å²) < 4.78 is 0. The molecule has 5 nitrogen and oxygen atoms in total. The third-order valence-corrected chi connectivity index (χ3v) is 5.48. The molecule has 0 unspecified atom stereocenters. The summed E-state index contributed by atoms with van der Waals surface area (Å²) in [5, 5.41) is 8.77. The fourth-order valence-corrected chi connectivity index (χ4v) is 4.10. The van der Waals surface area contributed by atoms with Crippen molar-refractivity contribution < 1.29 is 9.59 Å². The highest BCUT2D eigenvalue weighted by Crippen LogP contribution is 2.48. The van der Waals surface area contributed by atoms with Crippen LogP contribution in [0.5, 0.6) is 0 Å². The van der Waals surface area contributed by atoms with Crippen molar-refractivity contribution in [1.82, 2.24) is 5.32 Å². The summed E-state index contributed by atoms with van der Waals surface area (Å²) in [7, 11) is 0. The minimum atomic E-state index is -0.411. The molecule has 1 aliphatic carbocycles. The molecule has 26 heavy (non-hydrogen) atoms. The van der Waals surface area contributed by atoms with E-state index >= 15 is 0 Å². The number of nitrogens with one attached hydrogen (secondary N) is 3. The number of anilines is 2. The maximum atomic E-state index is 12.6. The first-order valence-corrected chi connectivity index (χ1v) is 9.22. The van der Waals surface area contributed by atoms with Gasteiger partial charge in [0, 0.05) is 17.9 Å². The molecule has 134 valence electrons. The lowest BCUT2D eigenvalue weighted by Gasteiger charge is -2.31. The van der Waals surface area contributed by atoms with E-state index in [1.807, 2.05) is 48.5 Å². The average molecular weight is 349 g/mol. The summed E-state index contributed by atoms with van der Waals surface area (Å²) >= 11 is 0. The molecule has 1 saturated carbocycles. The SMILES string of the molecule is O=C(NCc1ccccc1)Nc1ccc2c(c1)C1(CCCCC1)C(=O)N2. The Hall–Kier alpha value is -2.82. The molecule has 0 atom stereocenters. The van der Waals surface area contributed by atoms with Crippen molar-refractivity contribution >= 4 is 23.3 Å². The summed E-state index contributed by atoms with van der Waals surface area (Å²) in [5.74, 6) is 0.109. The van der Waals surface area contributed by atoms with Gasteiger partial charge in [0.25, 0.3) is 0 Å². The Morgan fingerprint density at radius 3 is 2.58 bits per heavy atom. The Balaban J connectivity index is 1.47. The van der Waals surface area contributed by atoms with E-state index < -0.39 is 5.41 Å². The molecule has 2 aromatic rings. The van der Waals surface area contributed by atoms with Gasteiger partial charge in [0.1, 0.15) is 0 Å². The van der Waals surface area contributed by atoms with Crippen molar-refractivity contribution in [2.45, 2.75) is 44.1 Å². The van der Waals surface area contributed by atoms with Crippen LogP contribution in [0.15, 0.2) is 48.5 Å². The minimum Gasteiger partial charge on any atom is -0.334 e. The van der Waals surface area contributed by atoms with Crippen molar-refractivity contribution in [2.24, 2.45) is 0 Å². The molecule has 5 heteroatoms. The molecule has 3 amide bonds. The number of rotatable bonds is 3. The van der Waals surface area contributed by atoms with Crippen LogP contribution >= 0.6 is 0 Å². The first-order valence-electron chi connectivity index (χ1n) is 9.22. The van der Waals surface area contributed by atoms with Crippen LogP contribution in [0.2, 0.25) is 0 Å². The van der Waals surface area contributed by atoms with Gasteiger partial charge in [0.05, 0.1) is 5.41 Å². The molecule has 1 fully saturated rings. The van der Waals surface area contributed by atoms with Gasteiger partial charge in [-0.1, -0.05) is 49.6 Å². The van der Waals surface area contributed by atoms with Gasteiger partial charge in [0.15, 0.2) is 0 Å². The van der Waals surface area contributed by atoms with E-state index in [4.69, 9.17) is 0 Å². The van der Waals surface area contributed by atoms with Gasteiger partial charge in [-0.15, -0.1) is 0 Å². The largest absolute Gasteiger partial charge is 0.334 e. The Labute approximate surface area is 153 Å². The first-order chi connectivity index (χ1) is 12.7. The van der Waals surface area contributed by atoms with Crippen LogP contribution in [0.25, 0.3) is 0 Å². The second-order valence-corrected chi connectivity index (χ2v) is 7.15. The molecule has 0 saturated heterocycles. The topological polar surface area (TPSA) is 70.2 Å². The number of carbonyl (C=O) groups excluding carboxylic acids is 2. The fourth-order valence-electron chi connectivity index (χ4n) is 4.10. The molecule has 3 N–H and O–H groups in total. The van der Waals surface area contributed by atoms with Gasteiger partial charge < -0.3 is 16.0 Å². The standard InChI is InChI=1S/C21H23N3O2/c25-19-21(11-5-2-6-12-21)17-13-16(9-10-18(17)24-19)23-20(26)22-14-15-7-3-1-4-8-15/h1,3-4,7-10,13H,2,5-6,11-12,14H2,(H,24,25)(H2,22,23,26). The highest BCUT2D eigenvalue weighted by atomic mass is 16.2. The second kappa shape index (κ2) is 6.83. The average Bonchev–Trinajstić information content (AvgIpc) is 2.93. The lowest BCUT2D eigenvalue weighted by atomic mass is 9.70. The normalized spacial score (nSPS) is 17.5. The first kappa shape index (κ1) is 16.6. The highest BCUT2D eigenvalue weighted by Gasteiger charge is 2.47. The number of fused-ring (bicyclic) bond motifs is 2.